The third-order valence-corrected chi connectivity index (χ3v) is 3.16. The average molecular weight is 228 g/mol. The largest absolute Gasteiger partial charge is 0.311 e. The van der Waals surface area contributed by atoms with Crippen LogP contribution in [0.2, 0.25) is 0 Å². The first-order valence-electron chi connectivity index (χ1n) is 4.27. The number of alkyl halides is 1. The molecule has 0 atom stereocenters. The molecule has 5 heteroatoms. The second-order valence-corrected chi connectivity index (χ2v) is 4.66. The van der Waals surface area contributed by atoms with Gasteiger partial charge in [0.25, 0.3) is 0 Å². The van der Waals surface area contributed by atoms with Gasteiger partial charge in [0.15, 0.2) is 0 Å². The van der Waals surface area contributed by atoms with Gasteiger partial charge >= 0.3 is 0 Å². The van der Waals surface area contributed by atoms with Crippen LogP contribution in [0.3, 0.4) is 0 Å². The molecule has 0 aliphatic rings. The molecule has 14 heavy (non-hydrogen) atoms. The van der Waals surface area contributed by atoms with Gasteiger partial charge in [0.1, 0.15) is 12.2 Å². The summed E-state index contributed by atoms with van der Waals surface area (Å²) >= 11 is 7.51. The summed E-state index contributed by atoms with van der Waals surface area (Å²) in [6.45, 7) is 2.91. The van der Waals surface area contributed by atoms with Gasteiger partial charge in [0.2, 0.25) is 0 Å². The van der Waals surface area contributed by atoms with Crippen LogP contribution in [0, 0.1) is 6.92 Å². The Morgan fingerprint density at radius 2 is 2.36 bits per heavy atom. The Kier molecular flexibility index (Phi) is 2.84. The van der Waals surface area contributed by atoms with Crippen molar-refractivity contribution < 1.29 is 0 Å². The molecular formula is C9H10ClN3S. The van der Waals surface area contributed by atoms with Crippen LogP contribution >= 0.6 is 22.9 Å². The summed E-state index contributed by atoms with van der Waals surface area (Å²) in [5, 5.41) is 7.75. The molecule has 0 N–H and O–H groups in total. The van der Waals surface area contributed by atoms with E-state index < -0.39 is 0 Å². The van der Waals surface area contributed by atoms with Crippen LogP contribution < -0.4 is 0 Å². The third-order valence-electron chi connectivity index (χ3n) is 1.94. The molecule has 0 saturated carbocycles. The molecule has 2 aromatic rings. The maximum Gasteiger partial charge on any atom is 0.148 e. The summed E-state index contributed by atoms with van der Waals surface area (Å²) in [6.07, 6.45) is 1.72. The molecule has 0 radical (unpaired) electrons. The molecule has 0 saturated heterocycles. The molecule has 0 aromatic carbocycles. The van der Waals surface area contributed by atoms with Crippen molar-refractivity contribution in [2.75, 3.05) is 0 Å². The predicted molar refractivity (Wildman–Crippen MR) is 57.7 cm³/mol. The number of nitrogens with zero attached hydrogens (tertiary/aromatic N) is 3. The molecule has 2 aromatic heterocycles. The summed E-state index contributed by atoms with van der Waals surface area (Å²) in [5.74, 6) is 1.22. The average Bonchev–Trinajstić information content (AvgIpc) is 2.76. The number of aryl methyl sites for hydroxylation is 1. The fourth-order valence-electron chi connectivity index (χ4n) is 1.25. The SMILES string of the molecule is Cc1ccc(Cn2cnnc2CCl)s1. The highest BCUT2D eigenvalue weighted by atomic mass is 35.5. The molecule has 3 nitrogen and oxygen atoms in total. The maximum absolute atomic E-state index is 5.72. The summed E-state index contributed by atoms with van der Waals surface area (Å²) in [6, 6.07) is 4.24. The second kappa shape index (κ2) is 4.11. The molecule has 74 valence electrons. The van der Waals surface area contributed by atoms with Crippen molar-refractivity contribution in [3.05, 3.63) is 34.0 Å². The van der Waals surface area contributed by atoms with Gasteiger partial charge in [-0.2, -0.15) is 0 Å². The van der Waals surface area contributed by atoms with Gasteiger partial charge in [0, 0.05) is 9.75 Å². The fraction of sp³-hybridized carbons (Fsp3) is 0.333. The van der Waals surface area contributed by atoms with Crippen molar-refractivity contribution in [1.29, 1.82) is 0 Å². The Morgan fingerprint density at radius 3 is 3.00 bits per heavy atom. The topological polar surface area (TPSA) is 30.7 Å². The van der Waals surface area contributed by atoms with Gasteiger partial charge in [-0.3, -0.25) is 0 Å². The van der Waals surface area contributed by atoms with Crippen molar-refractivity contribution in [1.82, 2.24) is 14.8 Å². The Labute approximate surface area is 91.4 Å². The minimum atomic E-state index is 0.407. The van der Waals surface area contributed by atoms with Crippen LogP contribution in [0.4, 0.5) is 0 Å². The highest BCUT2D eigenvalue weighted by Gasteiger charge is 2.04. The highest BCUT2D eigenvalue weighted by Crippen LogP contribution is 2.16. The number of aromatic nitrogens is 3. The van der Waals surface area contributed by atoms with E-state index in [4.69, 9.17) is 11.6 Å². The quantitative estimate of drug-likeness (QED) is 0.755. The molecule has 0 bridgehead atoms. The van der Waals surface area contributed by atoms with Gasteiger partial charge in [-0.05, 0) is 19.1 Å². The molecule has 0 fully saturated rings. The molecule has 0 amide bonds. The van der Waals surface area contributed by atoms with Crippen molar-refractivity contribution in [3.63, 3.8) is 0 Å². The zero-order valence-corrected chi connectivity index (χ0v) is 9.35. The first-order chi connectivity index (χ1) is 6.79. The Hall–Kier alpha value is -0.870. The molecule has 2 rings (SSSR count). The molecular weight excluding hydrogens is 218 g/mol. The van der Waals surface area contributed by atoms with Crippen molar-refractivity contribution in [2.45, 2.75) is 19.3 Å². The van der Waals surface area contributed by atoms with E-state index in [0.717, 1.165) is 12.4 Å². The maximum atomic E-state index is 5.72. The lowest BCUT2D eigenvalue weighted by Gasteiger charge is -2.01. The van der Waals surface area contributed by atoms with Gasteiger partial charge in [0.05, 0.1) is 12.4 Å². The lowest BCUT2D eigenvalue weighted by atomic mass is 10.4. The third kappa shape index (κ3) is 1.96. The van der Waals surface area contributed by atoms with E-state index >= 15 is 0 Å². The zero-order chi connectivity index (χ0) is 9.97. The predicted octanol–water partition coefficient (Wildman–Crippen LogP) is 2.44. The number of thiophene rings is 1. The second-order valence-electron chi connectivity index (χ2n) is 3.02. The van der Waals surface area contributed by atoms with Crippen LogP contribution in [0.5, 0.6) is 0 Å². The summed E-state index contributed by atoms with van der Waals surface area (Å²) < 4.78 is 1.97. The minimum absolute atomic E-state index is 0.407. The minimum Gasteiger partial charge on any atom is -0.311 e. The summed E-state index contributed by atoms with van der Waals surface area (Å²) in [5.41, 5.74) is 0. The highest BCUT2D eigenvalue weighted by molar-refractivity contribution is 7.11. The normalized spacial score (nSPS) is 10.7. The Bertz CT molecular complexity index is 421. The number of hydrogen-bond acceptors (Lipinski definition) is 3. The van der Waals surface area contributed by atoms with E-state index in [-0.39, 0.29) is 0 Å². The number of halogens is 1. The van der Waals surface area contributed by atoms with Crippen LogP contribution in [0.1, 0.15) is 15.6 Å². The Balaban J connectivity index is 2.18. The lowest BCUT2D eigenvalue weighted by Crippen LogP contribution is -2.00. The van der Waals surface area contributed by atoms with Crippen molar-refractivity contribution >= 4 is 22.9 Å². The molecule has 0 aliphatic carbocycles. The van der Waals surface area contributed by atoms with Crippen LogP contribution in [0.15, 0.2) is 18.5 Å². The van der Waals surface area contributed by atoms with Crippen molar-refractivity contribution in [2.24, 2.45) is 0 Å². The fourth-order valence-corrected chi connectivity index (χ4v) is 2.35. The zero-order valence-electron chi connectivity index (χ0n) is 7.77. The van der Waals surface area contributed by atoms with E-state index in [1.54, 1.807) is 17.7 Å². The molecule has 0 aliphatic heterocycles. The van der Waals surface area contributed by atoms with Crippen LogP contribution in [-0.4, -0.2) is 14.8 Å². The summed E-state index contributed by atoms with van der Waals surface area (Å²) in [4.78, 5) is 2.62. The van der Waals surface area contributed by atoms with Gasteiger partial charge < -0.3 is 4.57 Å². The first kappa shape index (κ1) is 9.68. The number of hydrogen-bond donors (Lipinski definition) is 0. The van der Waals surface area contributed by atoms with Crippen molar-refractivity contribution in [3.8, 4) is 0 Å². The summed E-state index contributed by atoms with van der Waals surface area (Å²) in [7, 11) is 0. The molecule has 0 spiro atoms. The Morgan fingerprint density at radius 1 is 1.50 bits per heavy atom. The lowest BCUT2D eigenvalue weighted by molar-refractivity contribution is 0.764. The van der Waals surface area contributed by atoms with Gasteiger partial charge in [-0.25, -0.2) is 0 Å². The molecule has 0 unspecified atom stereocenters. The van der Waals surface area contributed by atoms with E-state index in [2.05, 4.69) is 29.3 Å². The number of rotatable bonds is 3. The molecule has 2 heterocycles. The van der Waals surface area contributed by atoms with Crippen LogP contribution in [-0.2, 0) is 12.4 Å². The van der Waals surface area contributed by atoms with E-state index in [0.29, 0.717) is 5.88 Å². The van der Waals surface area contributed by atoms with E-state index in [1.807, 2.05) is 4.57 Å². The van der Waals surface area contributed by atoms with E-state index in [9.17, 15) is 0 Å². The van der Waals surface area contributed by atoms with E-state index in [1.165, 1.54) is 9.75 Å². The van der Waals surface area contributed by atoms with Gasteiger partial charge in [-0.15, -0.1) is 33.1 Å². The van der Waals surface area contributed by atoms with Crippen LogP contribution in [0.25, 0.3) is 0 Å². The standard InChI is InChI=1S/C9H10ClN3S/c1-7-2-3-8(14-7)5-13-6-11-12-9(13)4-10/h2-3,6H,4-5H2,1H3. The smallest absolute Gasteiger partial charge is 0.148 e. The van der Waals surface area contributed by atoms with Gasteiger partial charge in [-0.1, -0.05) is 0 Å². The monoisotopic (exact) mass is 227 g/mol. The first-order valence-corrected chi connectivity index (χ1v) is 5.62.